The molecule has 0 spiro atoms. The van der Waals surface area contributed by atoms with Crippen molar-refractivity contribution in [1.82, 2.24) is 20.8 Å². The van der Waals surface area contributed by atoms with E-state index in [9.17, 15) is 9.59 Å². The second-order valence-electron chi connectivity index (χ2n) is 7.83. The average molecular weight is 431 g/mol. The average Bonchev–Trinajstić information content (AvgIpc) is 3.28. The Balaban J connectivity index is 1.55. The van der Waals surface area contributed by atoms with Crippen LogP contribution in [0.15, 0.2) is 66.7 Å². The van der Waals surface area contributed by atoms with Crippen molar-refractivity contribution < 1.29 is 14.8 Å². The molecule has 164 valence electrons. The number of carbonyl (C=O) groups is 2. The minimum atomic E-state index is -0.386. The maximum atomic E-state index is 12.8. The molecule has 1 heterocycles. The van der Waals surface area contributed by atoms with Gasteiger partial charge in [-0.15, -0.1) is 0 Å². The van der Waals surface area contributed by atoms with Crippen LogP contribution in [0.25, 0.3) is 21.8 Å². The molecule has 0 radical (unpaired) electrons. The van der Waals surface area contributed by atoms with E-state index >= 15 is 0 Å². The predicted molar refractivity (Wildman–Crippen MR) is 123 cm³/mol. The van der Waals surface area contributed by atoms with E-state index < -0.39 is 0 Å². The van der Waals surface area contributed by atoms with Gasteiger partial charge in [-0.1, -0.05) is 61.4 Å². The lowest BCUT2D eigenvalue weighted by Crippen LogP contribution is -2.29. The number of nitrogens with zero attached hydrogens (tertiary/aromatic N) is 1. The first-order valence-electron chi connectivity index (χ1n) is 10.8. The summed E-state index contributed by atoms with van der Waals surface area (Å²) < 4.78 is 0. The molecule has 1 aromatic heterocycles. The molecule has 0 bridgehead atoms. The number of fused-ring (bicyclic) bond motifs is 3. The largest absolute Gasteiger partial charge is 0.342 e. The number of imidazole rings is 1. The Morgan fingerprint density at radius 1 is 0.938 bits per heavy atom. The summed E-state index contributed by atoms with van der Waals surface area (Å²) in [4.78, 5) is 32.3. The summed E-state index contributed by atoms with van der Waals surface area (Å²) in [6.45, 7) is 0. The molecule has 7 nitrogen and oxygen atoms in total. The summed E-state index contributed by atoms with van der Waals surface area (Å²) >= 11 is 0. The maximum Gasteiger partial charge on any atom is 0.251 e. The number of hydrogen-bond acceptors (Lipinski definition) is 4. The Morgan fingerprint density at radius 3 is 2.53 bits per heavy atom. The van der Waals surface area contributed by atoms with Gasteiger partial charge in [-0.05, 0) is 36.4 Å². The summed E-state index contributed by atoms with van der Waals surface area (Å²) in [5.41, 5.74) is 4.06. The van der Waals surface area contributed by atoms with E-state index in [0.29, 0.717) is 24.2 Å². The molecule has 0 fully saturated rings. The molecule has 4 aromatic rings. The lowest BCUT2D eigenvalue weighted by atomic mass is 10.1. The van der Waals surface area contributed by atoms with Gasteiger partial charge in [0.15, 0.2) is 0 Å². The Kier molecular flexibility index (Phi) is 6.77. The van der Waals surface area contributed by atoms with Crippen LogP contribution >= 0.6 is 0 Å². The van der Waals surface area contributed by atoms with Crippen LogP contribution in [0.1, 0.15) is 54.3 Å². The van der Waals surface area contributed by atoms with Crippen LogP contribution in [-0.2, 0) is 4.79 Å². The van der Waals surface area contributed by atoms with Crippen LogP contribution in [0.5, 0.6) is 0 Å². The van der Waals surface area contributed by atoms with Gasteiger partial charge in [0.1, 0.15) is 5.82 Å². The third-order valence-corrected chi connectivity index (χ3v) is 5.59. The number of hydroxylamine groups is 1. The van der Waals surface area contributed by atoms with Gasteiger partial charge in [0.2, 0.25) is 5.91 Å². The molecule has 2 amide bonds. The summed E-state index contributed by atoms with van der Waals surface area (Å²) in [5, 5.41) is 13.9. The number of unbranched alkanes of at least 4 members (excludes halogenated alkanes) is 2. The molecule has 0 aliphatic heterocycles. The minimum absolute atomic E-state index is 0.152. The van der Waals surface area contributed by atoms with Gasteiger partial charge < -0.3 is 10.3 Å². The number of carbonyl (C=O) groups excluding carboxylic acids is 2. The van der Waals surface area contributed by atoms with Crippen molar-refractivity contribution in [2.45, 2.75) is 38.1 Å². The summed E-state index contributed by atoms with van der Waals surface area (Å²) in [7, 11) is 0. The van der Waals surface area contributed by atoms with Crippen LogP contribution in [0.4, 0.5) is 0 Å². The van der Waals surface area contributed by atoms with Gasteiger partial charge in [0.25, 0.3) is 5.91 Å². The molecule has 0 unspecified atom stereocenters. The second kappa shape index (κ2) is 10.1. The standard InChI is InChI=1S/C25H26N4O3/c30-22(29-32)14-6-2-5-13-21(27-25(31)18-10-3-1-4-11-18)24-26-20-16-15-17-9-7-8-12-19(17)23(20)28-24/h1,3-4,7-12,15-16,21,32H,2,5-6,13-14H2,(H,26,28)(H,27,31)(H,29,30)/t21-/m0/s1. The van der Waals surface area contributed by atoms with Crippen LogP contribution in [0.3, 0.4) is 0 Å². The second-order valence-corrected chi connectivity index (χ2v) is 7.83. The fourth-order valence-electron chi connectivity index (χ4n) is 3.90. The zero-order chi connectivity index (χ0) is 22.3. The molecule has 0 aliphatic rings. The highest BCUT2D eigenvalue weighted by atomic mass is 16.5. The quantitative estimate of drug-likeness (QED) is 0.176. The number of aromatic nitrogens is 2. The van der Waals surface area contributed by atoms with Crippen LogP contribution in [0.2, 0.25) is 0 Å². The van der Waals surface area contributed by atoms with Crippen molar-refractivity contribution in [3.63, 3.8) is 0 Å². The molecular weight excluding hydrogens is 404 g/mol. The lowest BCUT2D eigenvalue weighted by molar-refractivity contribution is -0.129. The number of rotatable bonds is 9. The molecule has 7 heteroatoms. The first-order chi connectivity index (χ1) is 15.7. The van der Waals surface area contributed by atoms with E-state index in [-0.39, 0.29) is 24.3 Å². The topological polar surface area (TPSA) is 107 Å². The van der Waals surface area contributed by atoms with E-state index in [4.69, 9.17) is 10.2 Å². The highest BCUT2D eigenvalue weighted by Crippen LogP contribution is 2.27. The van der Waals surface area contributed by atoms with Crippen molar-refractivity contribution in [2.75, 3.05) is 0 Å². The lowest BCUT2D eigenvalue weighted by Gasteiger charge is -2.17. The van der Waals surface area contributed by atoms with E-state index in [1.165, 1.54) is 0 Å². The van der Waals surface area contributed by atoms with E-state index in [0.717, 1.165) is 34.6 Å². The van der Waals surface area contributed by atoms with Gasteiger partial charge in [-0.3, -0.25) is 14.8 Å². The first kappa shape index (κ1) is 21.5. The maximum absolute atomic E-state index is 12.8. The number of hydrogen-bond donors (Lipinski definition) is 4. The minimum Gasteiger partial charge on any atom is -0.342 e. The number of amides is 2. The van der Waals surface area contributed by atoms with Gasteiger partial charge in [-0.2, -0.15) is 0 Å². The Labute approximate surface area is 185 Å². The van der Waals surface area contributed by atoms with Gasteiger partial charge in [0.05, 0.1) is 17.1 Å². The number of aromatic amines is 1. The zero-order valence-electron chi connectivity index (χ0n) is 17.7. The Bertz CT molecular complexity index is 1220. The highest BCUT2D eigenvalue weighted by molar-refractivity contribution is 6.04. The van der Waals surface area contributed by atoms with Crippen molar-refractivity contribution in [3.8, 4) is 0 Å². The molecule has 4 rings (SSSR count). The smallest absolute Gasteiger partial charge is 0.251 e. The number of nitrogens with one attached hydrogen (secondary N) is 3. The number of benzene rings is 3. The van der Waals surface area contributed by atoms with Gasteiger partial charge in [0, 0.05) is 17.4 Å². The molecule has 4 N–H and O–H groups in total. The molecule has 1 atom stereocenters. The summed E-state index contributed by atoms with van der Waals surface area (Å²) in [6, 6.07) is 21.0. The number of H-pyrrole nitrogens is 1. The Morgan fingerprint density at radius 2 is 1.72 bits per heavy atom. The monoisotopic (exact) mass is 430 g/mol. The third kappa shape index (κ3) is 4.95. The van der Waals surface area contributed by atoms with E-state index in [2.05, 4.69) is 22.4 Å². The molecule has 0 aliphatic carbocycles. The van der Waals surface area contributed by atoms with Gasteiger partial charge in [-0.25, -0.2) is 10.5 Å². The van der Waals surface area contributed by atoms with Crippen molar-refractivity contribution >= 4 is 33.6 Å². The summed E-state index contributed by atoms with van der Waals surface area (Å²) in [6.07, 6.45) is 3.21. The molecule has 32 heavy (non-hydrogen) atoms. The molecule has 0 saturated heterocycles. The molecule has 3 aromatic carbocycles. The van der Waals surface area contributed by atoms with E-state index in [1.807, 2.05) is 42.5 Å². The normalized spacial score (nSPS) is 12.0. The fourth-order valence-corrected chi connectivity index (χ4v) is 3.90. The Hall–Kier alpha value is -3.71. The zero-order valence-corrected chi connectivity index (χ0v) is 17.7. The molecule has 0 saturated carbocycles. The third-order valence-electron chi connectivity index (χ3n) is 5.59. The highest BCUT2D eigenvalue weighted by Gasteiger charge is 2.20. The van der Waals surface area contributed by atoms with Crippen molar-refractivity contribution in [3.05, 3.63) is 78.1 Å². The van der Waals surface area contributed by atoms with Crippen molar-refractivity contribution in [1.29, 1.82) is 0 Å². The van der Waals surface area contributed by atoms with Crippen LogP contribution in [0, 0.1) is 0 Å². The van der Waals surface area contributed by atoms with Crippen LogP contribution in [-0.4, -0.2) is 27.0 Å². The van der Waals surface area contributed by atoms with E-state index in [1.54, 1.807) is 17.6 Å². The predicted octanol–water partition coefficient (Wildman–Crippen LogP) is 4.64. The first-order valence-corrected chi connectivity index (χ1v) is 10.8. The molecular formula is C25H26N4O3. The van der Waals surface area contributed by atoms with Gasteiger partial charge >= 0.3 is 0 Å². The fraction of sp³-hybridized carbons (Fsp3) is 0.240. The summed E-state index contributed by atoms with van der Waals surface area (Å²) in [5.74, 6) is 0.178. The SMILES string of the molecule is O=C(CCCCC[C@H](NC(=O)c1ccccc1)c1nc2c(ccc3ccccc32)[nH]1)NO. The van der Waals surface area contributed by atoms with Crippen LogP contribution < -0.4 is 10.8 Å². The van der Waals surface area contributed by atoms with Crippen molar-refractivity contribution in [2.24, 2.45) is 0 Å².